The number of benzene rings is 2. The van der Waals surface area contributed by atoms with E-state index in [-0.39, 0.29) is 56.3 Å². The van der Waals surface area contributed by atoms with Crippen LogP contribution in [0.2, 0.25) is 0 Å². The zero-order chi connectivity index (χ0) is 21.8. The molecule has 0 spiro atoms. The van der Waals surface area contributed by atoms with E-state index < -0.39 is 10.1 Å². The van der Waals surface area contributed by atoms with Crippen molar-refractivity contribution in [2.45, 2.75) is 109 Å². The van der Waals surface area contributed by atoms with Crippen molar-refractivity contribution in [3.8, 4) is 0 Å². The molecule has 2 aromatic carbocycles. The van der Waals surface area contributed by atoms with Gasteiger partial charge in [0.25, 0.3) is 0 Å². The Morgan fingerprint density at radius 1 is 0.710 bits per heavy atom. The van der Waals surface area contributed by atoms with Gasteiger partial charge in [-0.25, -0.2) is 8.42 Å². The van der Waals surface area contributed by atoms with Gasteiger partial charge < -0.3 is 4.55 Å². The van der Waals surface area contributed by atoms with Gasteiger partial charge in [-0.1, -0.05) is 96.3 Å². The van der Waals surface area contributed by atoms with Gasteiger partial charge >= 0.3 is 51.4 Å². The average Bonchev–Trinajstić information content (AvgIpc) is 2.72. The summed E-state index contributed by atoms with van der Waals surface area (Å²) in [6.45, 7) is 4.46. The Labute approximate surface area is 233 Å². The minimum absolute atomic E-state index is 0. The average molecular weight is 471 g/mol. The molecule has 2 rings (SSSR count). The fraction of sp³-hybridized carbons (Fsp3) is 0.615. The number of rotatable bonds is 15. The van der Waals surface area contributed by atoms with E-state index in [0.717, 1.165) is 31.1 Å². The van der Waals surface area contributed by atoms with Gasteiger partial charge in [0, 0.05) is 0 Å². The predicted molar refractivity (Wildman–Crippen MR) is 126 cm³/mol. The normalized spacial score (nSPS) is 11.6. The zero-order valence-electron chi connectivity index (χ0n) is 19.9. The Morgan fingerprint density at radius 3 is 1.71 bits per heavy atom. The van der Waals surface area contributed by atoms with Crippen LogP contribution in [0.15, 0.2) is 35.2 Å². The number of unbranched alkanes of at least 4 members (excludes halogenated alkanes) is 10. The number of hydrogen-bond donors (Lipinski definition) is 0. The molecular formula is C26H39KO3S. The number of fused-ring (bicyclic) bond motifs is 1. The summed E-state index contributed by atoms with van der Waals surface area (Å²) in [6.07, 6.45) is 17.0. The fourth-order valence-corrected chi connectivity index (χ4v) is 4.96. The first-order chi connectivity index (χ1) is 14.5. The van der Waals surface area contributed by atoms with Crippen LogP contribution in [0.4, 0.5) is 0 Å². The molecule has 0 saturated heterocycles. The van der Waals surface area contributed by atoms with Crippen LogP contribution in [0.3, 0.4) is 0 Å². The van der Waals surface area contributed by atoms with Gasteiger partial charge in [-0.2, -0.15) is 0 Å². The van der Waals surface area contributed by atoms with Crippen LogP contribution in [0, 0.1) is 0 Å². The van der Waals surface area contributed by atoms with E-state index in [9.17, 15) is 13.0 Å². The Bertz CT molecular complexity index is 878. The smallest absolute Gasteiger partial charge is 0.744 e. The maximum absolute atomic E-state index is 11.7. The van der Waals surface area contributed by atoms with Crippen molar-refractivity contribution in [1.82, 2.24) is 0 Å². The summed E-state index contributed by atoms with van der Waals surface area (Å²) in [7, 11) is -4.47. The maximum Gasteiger partial charge on any atom is 1.00 e. The molecule has 0 aliphatic carbocycles. The molecule has 168 valence electrons. The monoisotopic (exact) mass is 470 g/mol. The van der Waals surface area contributed by atoms with E-state index in [0.29, 0.717) is 5.39 Å². The molecule has 0 amide bonds. The van der Waals surface area contributed by atoms with Crippen molar-refractivity contribution in [2.24, 2.45) is 0 Å². The molecule has 0 saturated carbocycles. The van der Waals surface area contributed by atoms with Crippen molar-refractivity contribution in [2.75, 3.05) is 0 Å². The minimum Gasteiger partial charge on any atom is -0.744 e. The Hall–Kier alpha value is 0.246. The first-order valence-electron chi connectivity index (χ1n) is 12.0. The molecular weight excluding hydrogens is 431 g/mol. The second-order valence-corrected chi connectivity index (χ2v) is 9.94. The van der Waals surface area contributed by atoms with Crippen LogP contribution < -0.4 is 51.4 Å². The molecule has 0 aliphatic rings. The third kappa shape index (κ3) is 10.4. The Balaban J connectivity index is 0.00000480. The molecule has 31 heavy (non-hydrogen) atoms. The third-order valence-corrected chi connectivity index (χ3v) is 6.92. The van der Waals surface area contributed by atoms with Crippen LogP contribution in [-0.4, -0.2) is 13.0 Å². The summed E-state index contributed by atoms with van der Waals surface area (Å²) in [4.78, 5) is -0.0877. The molecule has 0 bridgehead atoms. The summed E-state index contributed by atoms with van der Waals surface area (Å²) in [5, 5.41) is 1.44. The van der Waals surface area contributed by atoms with Crippen molar-refractivity contribution in [1.29, 1.82) is 0 Å². The van der Waals surface area contributed by atoms with Crippen molar-refractivity contribution < 1.29 is 64.4 Å². The molecule has 0 aromatic heterocycles. The molecule has 3 nitrogen and oxygen atoms in total. The van der Waals surface area contributed by atoms with E-state index in [1.807, 2.05) is 12.1 Å². The molecule has 0 unspecified atom stereocenters. The minimum atomic E-state index is -4.47. The largest absolute Gasteiger partial charge is 1.00 e. The van der Waals surface area contributed by atoms with Crippen LogP contribution in [0.25, 0.3) is 10.8 Å². The van der Waals surface area contributed by atoms with Crippen LogP contribution >= 0.6 is 0 Å². The van der Waals surface area contributed by atoms with E-state index in [1.54, 1.807) is 6.07 Å². The van der Waals surface area contributed by atoms with E-state index in [2.05, 4.69) is 19.9 Å². The molecule has 0 radical (unpaired) electrons. The Kier molecular flexibility index (Phi) is 15.1. The summed E-state index contributed by atoms with van der Waals surface area (Å²) in [5.74, 6) is 0. The third-order valence-electron chi connectivity index (χ3n) is 6.03. The molecule has 5 heteroatoms. The topological polar surface area (TPSA) is 57.2 Å². The molecule has 0 N–H and O–H groups in total. The second kappa shape index (κ2) is 16.0. The van der Waals surface area contributed by atoms with Gasteiger partial charge in [-0.15, -0.1) is 0 Å². The fourth-order valence-electron chi connectivity index (χ4n) is 4.26. The van der Waals surface area contributed by atoms with E-state index in [1.165, 1.54) is 81.4 Å². The quantitative estimate of drug-likeness (QED) is 0.218. The van der Waals surface area contributed by atoms with Gasteiger partial charge in [0.2, 0.25) is 0 Å². The van der Waals surface area contributed by atoms with Gasteiger partial charge in [-0.05, 0) is 59.7 Å². The van der Waals surface area contributed by atoms with Gasteiger partial charge in [-0.3, -0.25) is 0 Å². The van der Waals surface area contributed by atoms with E-state index >= 15 is 0 Å². The number of hydrogen-bond acceptors (Lipinski definition) is 3. The molecule has 2 aromatic rings. The summed E-state index contributed by atoms with van der Waals surface area (Å²) < 4.78 is 35.2. The standard InChI is InChI=1S/C26H40O3S.K/c1-3-5-7-9-11-13-16-22-20-24-18-15-19-26(30(27,28)29)25(24)21-23(22)17-14-12-10-8-6-4-2;/h15,18-21H,3-14,16-17H2,1-2H3,(H,27,28,29);/q;+1/p-1. The zero-order valence-corrected chi connectivity index (χ0v) is 23.9. The SMILES string of the molecule is CCCCCCCCc1cc2cccc(S(=O)(=O)[O-])c2cc1CCCCCCCC.[K+]. The van der Waals surface area contributed by atoms with Crippen LogP contribution in [-0.2, 0) is 23.0 Å². The molecule has 0 fully saturated rings. The van der Waals surface area contributed by atoms with Crippen LogP contribution in [0.1, 0.15) is 102 Å². The first kappa shape index (κ1) is 29.3. The summed E-state index contributed by atoms with van der Waals surface area (Å²) >= 11 is 0. The predicted octanol–water partition coefficient (Wildman–Crippen LogP) is 4.55. The number of aryl methyl sites for hydroxylation is 2. The van der Waals surface area contributed by atoms with E-state index in [4.69, 9.17) is 0 Å². The molecule has 0 aliphatic heterocycles. The Morgan fingerprint density at radius 2 is 1.19 bits per heavy atom. The molecule has 0 atom stereocenters. The summed E-state index contributed by atoms with van der Waals surface area (Å²) in [5.41, 5.74) is 2.55. The van der Waals surface area contributed by atoms with Gasteiger partial charge in [0.1, 0.15) is 10.1 Å². The summed E-state index contributed by atoms with van der Waals surface area (Å²) in [6, 6.07) is 9.14. The van der Waals surface area contributed by atoms with Crippen LogP contribution in [0.5, 0.6) is 0 Å². The van der Waals surface area contributed by atoms with Crippen molar-refractivity contribution in [3.05, 3.63) is 41.5 Å². The van der Waals surface area contributed by atoms with Gasteiger partial charge in [0.15, 0.2) is 0 Å². The van der Waals surface area contributed by atoms with Crippen molar-refractivity contribution >= 4 is 20.9 Å². The maximum atomic E-state index is 11.7. The first-order valence-corrected chi connectivity index (χ1v) is 13.4. The molecule has 0 heterocycles. The van der Waals surface area contributed by atoms with Crippen molar-refractivity contribution in [3.63, 3.8) is 0 Å². The van der Waals surface area contributed by atoms with Gasteiger partial charge in [0.05, 0.1) is 4.90 Å². The second-order valence-electron chi connectivity index (χ2n) is 8.59.